The van der Waals surface area contributed by atoms with Crippen LogP contribution in [-0.2, 0) is 0 Å². The first kappa shape index (κ1) is 17.8. The number of rotatable bonds is 3. The minimum Gasteiger partial charge on any atom is -0.459 e. The number of para-hydroxylation sites is 1. The summed E-state index contributed by atoms with van der Waals surface area (Å²) in [6.45, 7) is 3.66. The summed E-state index contributed by atoms with van der Waals surface area (Å²) in [5.74, 6) is 1.33. The molecule has 1 aromatic heterocycles. The average molecular weight is 367 g/mol. The van der Waals surface area contributed by atoms with Gasteiger partial charge in [-0.3, -0.25) is 9.59 Å². The quantitative estimate of drug-likeness (QED) is 0.906. The normalized spacial score (nSPS) is 22.2. The standard InChI is InChI=1S/C21H25N3O3/c1-23(21(26)19-7-4-12-27-19)18-6-3-2-5-17(18)20(25)24-10-8-15-13-22-14-16(15)9-11-24/h2-7,12,15-16,22H,8-11,13-14H2,1H3/t15-,16+. The van der Waals surface area contributed by atoms with Gasteiger partial charge in [0.15, 0.2) is 5.76 Å². The number of anilines is 1. The summed E-state index contributed by atoms with van der Waals surface area (Å²) in [6, 6.07) is 10.6. The van der Waals surface area contributed by atoms with Gasteiger partial charge in [0.2, 0.25) is 0 Å². The average Bonchev–Trinajstić information content (AvgIpc) is 3.35. The maximum atomic E-state index is 13.3. The second kappa shape index (κ2) is 7.56. The van der Waals surface area contributed by atoms with Crippen LogP contribution in [-0.4, -0.2) is 49.9 Å². The molecule has 0 bridgehead atoms. The fourth-order valence-electron chi connectivity index (χ4n) is 4.21. The molecule has 2 aliphatic heterocycles. The Morgan fingerprint density at radius 1 is 1.07 bits per heavy atom. The van der Waals surface area contributed by atoms with Crippen molar-refractivity contribution in [2.75, 3.05) is 38.1 Å². The third-order valence-electron chi connectivity index (χ3n) is 5.84. The van der Waals surface area contributed by atoms with Gasteiger partial charge in [-0.15, -0.1) is 0 Å². The highest BCUT2D eigenvalue weighted by Crippen LogP contribution is 2.29. The van der Waals surface area contributed by atoms with E-state index < -0.39 is 0 Å². The molecule has 0 aliphatic carbocycles. The number of hydrogen-bond donors (Lipinski definition) is 1. The van der Waals surface area contributed by atoms with Crippen LogP contribution in [0.1, 0.15) is 33.8 Å². The minimum absolute atomic E-state index is 0.00220. The lowest BCUT2D eigenvalue weighted by atomic mass is 9.92. The van der Waals surface area contributed by atoms with Crippen LogP contribution in [0.3, 0.4) is 0 Å². The zero-order valence-corrected chi connectivity index (χ0v) is 15.6. The van der Waals surface area contributed by atoms with Gasteiger partial charge in [0.1, 0.15) is 0 Å². The second-order valence-electron chi connectivity index (χ2n) is 7.41. The Morgan fingerprint density at radius 3 is 2.44 bits per heavy atom. The first-order valence-corrected chi connectivity index (χ1v) is 9.55. The molecular weight excluding hydrogens is 342 g/mol. The summed E-state index contributed by atoms with van der Waals surface area (Å²) in [7, 11) is 1.68. The molecule has 6 heteroatoms. The number of nitrogens with zero attached hydrogens (tertiary/aromatic N) is 2. The molecule has 2 aromatic rings. The molecular formula is C21H25N3O3. The van der Waals surface area contributed by atoms with Gasteiger partial charge in [0.05, 0.1) is 17.5 Å². The molecule has 2 aliphatic rings. The van der Waals surface area contributed by atoms with Gasteiger partial charge in [0.25, 0.3) is 11.8 Å². The zero-order chi connectivity index (χ0) is 18.8. The Bertz CT molecular complexity index is 804. The zero-order valence-electron chi connectivity index (χ0n) is 15.6. The topological polar surface area (TPSA) is 65.8 Å². The molecule has 0 spiro atoms. The van der Waals surface area contributed by atoms with Gasteiger partial charge < -0.3 is 19.5 Å². The number of furan rings is 1. The number of amides is 2. The number of benzene rings is 1. The monoisotopic (exact) mass is 367 g/mol. The summed E-state index contributed by atoms with van der Waals surface area (Å²) in [6.07, 6.45) is 3.54. The van der Waals surface area contributed by atoms with Crippen LogP contribution in [0, 0.1) is 11.8 Å². The van der Waals surface area contributed by atoms with Gasteiger partial charge in [-0.1, -0.05) is 12.1 Å². The van der Waals surface area contributed by atoms with Crippen LogP contribution in [0.5, 0.6) is 0 Å². The third-order valence-corrected chi connectivity index (χ3v) is 5.84. The van der Waals surface area contributed by atoms with E-state index in [-0.39, 0.29) is 17.6 Å². The van der Waals surface area contributed by atoms with E-state index in [2.05, 4.69) is 5.32 Å². The molecule has 1 aromatic carbocycles. The fourth-order valence-corrected chi connectivity index (χ4v) is 4.21. The number of carbonyl (C=O) groups excluding carboxylic acids is 2. The molecule has 0 saturated carbocycles. The van der Waals surface area contributed by atoms with Crippen molar-refractivity contribution in [3.63, 3.8) is 0 Å². The van der Waals surface area contributed by atoms with Crippen molar-refractivity contribution >= 4 is 17.5 Å². The van der Waals surface area contributed by atoms with E-state index in [0.29, 0.717) is 23.1 Å². The number of fused-ring (bicyclic) bond motifs is 1. The smallest absolute Gasteiger partial charge is 0.293 e. The van der Waals surface area contributed by atoms with Gasteiger partial charge in [-0.2, -0.15) is 0 Å². The Kier molecular flexibility index (Phi) is 4.99. The Hall–Kier alpha value is -2.60. The Labute approximate surface area is 159 Å². The molecule has 2 amide bonds. The van der Waals surface area contributed by atoms with Crippen molar-refractivity contribution in [3.8, 4) is 0 Å². The van der Waals surface area contributed by atoms with Crippen molar-refractivity contribution in [2.24, 2.45) is 11.8 Å². The van der Waals surface area contributed by atoms with Crippen molar-refractivity contribution in [1.82, 2.24) is 10.2 Å². The number of nitrogens with one attached hydrogen (secondary N) is 1. The molecule has 2 saturated heterocycles. The Morgan fingerprint density at radius 2 is 1.78 bits per heavy atom. The van der Waals surface area contributed by atoms with Crippen molar-refractivity contribution in [1.29, 1.82) is 0 Å². The molecule has 2 atom stereocenters. The number of hydrogen-bond acceptors (Lipinski definition) is 4. The number of carbonyl (C=O) groups is 2. The van der Waals surface area contributed by atoms with E-state index in [0.717, 1.165) is 39.0 Å². The van der Waals surface area contributed by atoms with Gasteiger partial charge in [0, 0.05) is 20.1 Å². The lowest BCUT2D eigenvalue weighted by Crippen LogP contribution is -2.35. The molecule has 27 heavy (non-hydrogen) atoms. The van der Waals surface area contributed by atoms with Gasteiger partial charge in [-0.05, 0) is 62.0 Å². The SMILES string of the molecule is CN(C(=O)c1ccco1)c1ccccc1C(=O)N1CC[C@@H]2CNC[C@@H]2CC1. The van der Waals surface area contributed by atoms with E-state index in [1.807, 2.05) is 23.1 Å². The van der Waals surface area contributed by atoms with E-state index in [1.54, 1.807) is 25.2 Å². The lowest BCUT2D eigenvalue weighted by molar-refractivity contribution is 0.0759. The van der Waals surface area contributed by atoms with Crippen LogP contribution in [0.4, 0.5) is 5.69 Å². The first-order chi connectivity index (χ1) is 13.1. The van der Waals surface area contributed by atoms with E-state index in [4.69, 9.17) is 4.42 Å². The predicted octanol–water partition coefficient (Wildman–Crippen LogP) is 2.63. The summed E-state index contributed by atoms with van der Waals surface area (Å²) in [5, 5.41) is 3.46. The molecule has 0 radical (unpaired) electrons. The third kappa shape index (κ3) is 3.49. The highest BCUT2D eigenvalue weighted by atomic mass is 16.3. The lowest BCUT2D eigenvalue weighted by Gasteiger charge is -2.25. The van der Waals surface area contributed by atoms with Crippen LogP contribution in [0.25, 0.3) is 0 Å². The van der Waals surface area contributed by atoms with Crippen molar-refractivity contribution < 1.29 is 14.0 Å². The van der Waals surface area contributed by atoms with Gasteiger partial charge in [-0.25, -0.2) is 0 Å². The molecule has 6 nitrogen and oxygen atoms in total. The highest BCUT2D eigenvalue weighted by Gasteiger charge is 2.32. The molecule has 4 rings (SSSR count). The summed E-state index contributed by atoms with van der Waals surface area (Å²) < 4.78 is 5.22. The van der Waals surface area contributed by atoms with E-state index >= 15 is 0 Å². The predicted molar refractivity (Wildman–Crippen MR) is 103 cm³/mol. The van der Waals surface area contributed by atoms with Gasteiger partial charge >= 0.3 is 0 Å². The van der Waals surface area contributed by atoms with E-state index in [1.165, 1.54) is 11.2 Å². The number of likely N-dealkylation sites (tertiary alicyclic amines) is 1. The largest absolute Gasteiger partial charge is 0.459 e. The summed E-state index contributed by atoms with van der Waals surface area (Å²) >= 11 is 0. The van der Waals surface area contributed by atoms with Crippen molar-refractivity contribution in [3.05, 3.63) is 54.0 Å². The van der Waals surface area contributed by atoms with Crippen LogP contribution < -0.4 is 10.2 Å². The van der Waals surface area contributed by atoms with E-state index in [9.17, 15) is 9.59 Å². The van der Waals surface area contributed by atoms with Crippen molar-refractivity contribution in [2.45, 2.75) is 12.8 Å². The maximum absolute atomic E-state index is 13.3. The molecule has 0 unspecified atom stereocenters. The molecule has 142 valence electrons. The Balaban J connectivity index is 1.55. The van der Waals surface area contributed by atoms with Crippen LogP contribution in [0.2, 0.25) is 0 Å². The van der Waals surface area contributed by atoms with Crippen LogP contribution in [0.15, 0.2) is 47.1 Å². The second-order valence-corrected chi connectivity index (χ2v) is 7.41. The highest BCUT2D eigenvalue weighted by molar-refractivity contribution is 6.09. The first-order valence-electron chi connectivity index (χ1n) is 9.55. The molecule has 2 fully saturated rings. The molecule has 3 heterocycles. The summed E-state index contributed by atoms with van der Waals surface area (Å²) in [4.78, 5) is 29.3. The maximum Gasteiger partial charge on any atom is 0.293 e. The summed E-state index contributed by atoms with van der Waals surface area (Å²) in [5.41, 5.74) is 1.17. The minimum atomic E-state index is -0.267. The molecule has 1 N–H and O–H groups in total. The van der Waals surface area contributed by atoms with Crippen LogP contribution >= 0.6 is 0 Å². The fraction of sp³-hybridized carbons (Fsp3) is 0.429.